The minimum atomic E-state index is -0.795. The van der Waals surface area contributed by atoms with Crippen molar-refractivity contribution in [1.29, 1.82) is 0 Å². The number of carboxylic acid groups (broad SMARTS) is 1. The standard InChI is InChI=1S/C23H21NO2S/c25-23(26)15-27-20-11-9-19(10-12-20)24-14-16-5-6-18-8-7-17-3-1-2-4-21(17)22(18)13-16/h1-6,9-13,24H,7-8,14-15H2,(H,25,26). The Hall–Kier alpha value is -2.72. The Morgan fingerprint density at radius 1 is 0.926 bits per heavy atom. The summed E-state index contributed by atoms with van der Waals surface area (Å²) in [5, 5.41) is 12.2. The van der Waals surface area contributed by atoms with Gasteiger partial charge in [-0.05, 0) is 71.0 Å². The van der Waals surface area contributed by atoms with Gasteiger partial charge in [-0.3, -0.25) is 4.79 Å². The first-order valence-electron chi connectivity index (χ1n) is 9.08. The van der Waals surface area contributed by atoms with E-state index in [-0.39, 0.29) is 5.75 Å². The first-order valence-corrected chi connectivity index (χ1v) is 10.1. The number of aliphatic carboxylic acids is 1. The summed E-state index contributed by atoms with van der Waals surface area (Å²) in [6, 6.07) is 23.4. The maximum absolute atomic E-state index is 10.6. The molecule has 0 radical (unpaired) electrons. The molecule has 0 saturated heterocycles. The van der Waals surface area contributed by atoms with Gasteiger partial charge in [0.2, 0.25) is 0 Å². The van der Waals surface area contributed by atoms with Crippen molar-refractivity contribution in [2.75, 3.05) is 11.1 Å². The minimum Gasteiger partial charge on any atom is -0.481 e. The largest absolute Gasteiger partial charge is 0.481 e. The quantitative estimate of drug-likeness (QED) is 0.579. The third kappa shape index (κ3) is 4.17. The van der Waals surface area contributed by atoms with Gasteiger partial charge in [0.05, 0.1) is 5.75 Å². The van der Waals surface area contributed by atoms with Crippen LogP contribution in [0, 0.1) is 0 Å². The maximum atomic E-state index is 10.6. The van der Waals surface area contributed by atoms with Crippen molar-refractivity contribution >= 4 is 23.4 Å². The molecule has 3 aromatic carbocycles. The Morgan fingerprint density at radius 2 is 1.67 bits per heavy atom. The van der Waals surface area contributed by atoms with Gasteiger partial charge in [-0.25, -0.2) is 0 Å². The second-order valence-corrected chi connectivity index (χ2v) is 7.76. The average molecular weight is 375 g/mol. The van der Waals surface area contributed by atoms with Crippen molar-refractivity contribution in [3.63, 3.8) is 0 Å². The molecule has 3 nitrogen and oxygen atoms in total. The van der Waals surface area contributed by atoms with Crippen LogP contribution in [-0.4, -0.2) is 16.8 Å². The smallest absolute Gasteiger partial charge is 0.313 e. The molecule has 1 aliphatic carbocycles. The van der Waals surface area contributed by atoms with Crippen LogP contribution in [0.4, 0.5) is 5.69 Å². The number of thioether (sulfide) groups is 1. The topological polar surface area (TPSA) is 49.3 Å². The van der Waals surface area contributed by atoms with E-state index >= 15 is 0 Å². The molecular weight excluding hydrogens is 354 g/mol. The molecule has 0 amide bonds. The van der Waals surface area contributed by atoms with Gasteiger partial charge in [-0.15, -0.1) is 11.8 Å². The zero-order chi connectivity index (χ0) is 18.6. The lowest BCUT2D eigenvalue weighted by molar-refractivity contribution is -0.133. The zero-order valence-electron chi connectivity index (χ0n) is 14.9. The van der Waals surface area contributed by atoms with Gasteiger partial charge in [-0.2, -0.15) is 0 Å². The molecule has 0 spiro atoms. The number of hydrogen-bond acceptors (Lipinski definition) is 3. The third-order valence-corrected chi connectivity index (χ3v) is 5.86. The molecular formula is C23H21NO2S. The van der Waals surface area contributed by atoms with Gasteiger partial charge in [-0.1, -0.05) is 36.4 Å². The number of fused-ring (bicyclic) bond motifs is 3. The van der Waals surface area contributed by atoms with E-state index in [9.17, 15) is 4.79 Å². The summed E-state index contributed by atoms with van der Waals surface area (Å²) >= 11 is 1.33. The molecule has 3 aromatic rings. The lowest BCUT2D eigenvalue weighted by Gasteiger charge is -2.20. The second-order valence-electron chi connectivity index (χ2n) is 6.71. The molecule has 27 heavy (non-hydrogen) atoms. The normalized spacial score (nSPS) is 12.1. The number of hydrogen-bond donors (Lipinski definition) is 2. The predicted molar refractivity (Wildman–Crippen MR) is 111 cm³/mol. The van der Waals surface area contributed by atoms with E-state index in [1.54, 1.807) is 0 Å². The molecule has 0 unspecified atom stereocenters. The van der Waals surface area contributed by atoms with E-state index in [4.69, 9.17) is 5.11 Å². The summed E-state index contributed by atoms with van der Waals surface area (Å²) < 4.78 is 0. The highest BCUT2D eigenvalue weighted by molar-refractivity contribution is 8.00. The van der Waals surface area contributed by atoms with Crippen molar-refractivity contribution in [3.8, 4) is 11.1 Å². The van der Waals surface area contributed by atoms with Crippen LogP contribution < -0.4 is 5.32 Å². The molecule has 136 valence electrons. The first-order chi connectivity index (χ1) is 13.2. The SMILES string of the molecule is O=C(O)CSc1ccc(NCc2ccc3c(c2)-c2ccccc2CC3)cc1. The van der Waals surface area contributed by atoms with Crippen molar-refractivity contribution in [2.24, 2.45) is 0 Å². The number of anilines is 1. The molecule has 0 saturated carbocycles. The fourth-order valence-electron chi connectivity index (χ4n) is 3.49. The van der Waals surface area contributed by atoms with Crippen LogP contribution in [-0.2, 0) is 24.2 Å². The lowest BCUT2D eigenvalue weighted by Crippen LogP contribution is -2.06. The maximum Gasteiger partial charge on any atom is 0.313 e. The fraction of sp³-hybridized carbons (Fsp3) is 0.174. The average Bonchev–Trinajstić information content (AvgIpc) is 2.71. The Balaban J connectivity index is 1.45. The van der Waals surface area contributed by atoms with Crippen LogP contribution in [0.1, 0.15) is 16.7 Å². The van der Waals surface area contributed by atoms with Crippen LogP contribution in [0.2, 0.25) is 0 Å². The summed E-state index contributed by atoms with van der Waals surface area (Å²) in [7, 11) is 0. The van der Waals surface area contributed by atoms with E-state index in [0.717, 1.165) is 30.0 Å². The van der Waals surface area contributed by atoms with Gasteiger partial charge in [0.15, 0.2) is 0 Å². The molecule has 0 aliphatic heterocycles. The van der Waals surface area contributed by atoms with E-state index in [2.05, 4.69) is 47.8 Å². The zero-order valence-corrected chi connectivity index (χ0v) is 15.8. The van der Waals surface area contributed by atoms with Gasteiger partial charge in [0.1, 0.15) is 0 Å². The molecule has 0 aromatic heterocycles. The summed E-state index contributed by atoms with van der Waals surface area (Å²) in [5.74, 6) is -0.709. The Morgan fingerprint density at radius 3 is 2.44 bits per heavy atom. The molecule has 1 aliphatic rings. The molecule has 0 fully saturated rings. The minimum absolute atomic E-state index is 0.0867. The molecule has 0 bridgehead atoms. The van der Waals surface area contributed by atoms with Gasteiger partial charge in [0, 0.05) is 17.1 Å². The third-order valence-electron chi connectivity index (χ3n) is 4.86. The van der Waals surface area contributed by atoms with Crippen LogP contribution in [0.3, 0.4) is 0 Å². The number of aryl methyl sites for hydroxylation is 2. The van der Waals surface area contributed by atoms with Crippen molar-refractivity contribution in [3.05, 3.63) is 83.4 Å². The lowest BCUT2D eigenvalue weighted by atomic mass is 9.85. The number of rotatable bonds is 6. The number of nitrogens with one attached hydrogen (secondary N) is 1. The van der Waals surface area contributed by atoms with Gasteiger partial charge in [0.25, 0.3) is 0 Å². The Kier molecular flexibility index (Phi) is 5.16. The van der Waals surface area contributed by atoms with E-state index in [1.165, 1.54) is 39.6 Å². The van der Waals surface area contributed by atoms with E-state index in [1.807, 2.05) is 24.3 Å². The molecule has 0 atom stereocenters. The van der Waals surface area contributed by atoms with Crippen molar-refractivity contribution < 1.29 is 9.90 Å². The van der Waals surface area contributed by atoms with Crippen molar-refractivity contribution in [1.82, 2.24) is 0 Å². The van der Waals surface area contributed by atoms with Crippen molar-refractivity contribution in [2.45, 2.75) is 24.3 Å². The second kappa shape index (κ2) is 7.89. The molecule has 4 rings (SSSR count). The summed E-state index contributed by atoms with van der Waals surface area (Å²) in [5.41, 5.74) is 7.88. The summed E-state index contributed by atoms with van der Waals surface area (Å²) in [4.78, 5) is 11.6. The highest BCUT2D eigenvalue weighted by atomic mass is 32.2. The number of benzene rings is 3. The first kappa shape index (κ1) is 17.7. The monoisotopic (exact) mass is 375 g/mol. The molecule has 4 heteroatoms. The number of carboxylic acids is 1. The van der Waals surface area contributed by atoms with Crippen LogP contribution in [0.15, 0.2) is 71.6 Å². The Bertz CT molecular complexity index is 966. The Labute approximate surface area is 163 Å². The van der Waals surface area contributed by atoms with Gasteiger partial charge < -0.3 is 10.4 Å². The van der Waals surface area contributed by atoms with Gasteiger partial charge >= 0.3 is 5.97 Å². The summed E-state index contributed by atoms with van der Waals surface area (Å²) in [6.07, 6.45) is 2.22. The summed E-state index contributed by atoms with van der Waals surface area (Å²) in [6.45, 7) is 0.761. The van der Waals surface area contributed by atoms with Crippen LogP contribution >= 0.6 is 11.8 Å². The predicted octanol–water partition coefficient (Wildman–Crippen LogP) is 5.24. The van der Waals surface area contributed by atoms with E-state index in [0.29, 0.717) is 0 Å². The molecule has 2 N–H and O–H groups in total. The number of carbonyl (C=O) groups is 1. The van der Waals surface area contributed by atoms with Crippen LogP contribution in [0.5, 0.6) is 0 Å². The fourth-order valence-corrected chi connectivity index (χ4v) is 4.11. The highest BCUT2D eigenvalue weighted by Gasteiger charge is 2.15. The highest BCUT2D eigenvalue weighted by Crippen LogP contribution is 2.34. The molecule has 0 heterocycles. The van der Waals surface area contributed by atoms with Crippen LogP contribution in [0.25, 0.3) is 11.1 Å². The van der Waals surface area contributed by atoms with E-state index < -0.39 is 5.97 Å².